The van der Waals surface area contributed by atoms with E-state index in [1.807, 2.05) is 0 Å². The number of halogens is 1. The number of methoxy groups -OCH3 is 1. The first-order valence-corrected chi connectivity index (χ1v) is 9.69. The van der Waals surface area contributed by atoms with Gasteiger partial charge in [0.1, 0.15) is 5.82 Å². The van der Waals surface area contributed by atoms with Crippen LogP contribution in [0.3, 0.4) is 0 Å². The van der Waals surface area contributed by atoms with Gasteiger partial charge in [-0.2, -0.15) is 0 Å². The van der Waals surface area contributed by atoms with Crippen molar-refractivity contribution < 1.29 is 23.5 Å². The molecule has 1 aromatic heterocycles. The van der Waals surface area contributed by atoms with Gasteiger partial charge in [-0.3, -0.25) is 14.4 Å². The van der Waals surface area contributed by atoms with E-state index in [0.29, 0.717) is 17.1 Å². The van der Waals surface area contributed by atoms with Crippen molar-refractivity contribution in [2.45, 2.75) is 6.54 Å². The van der Waals surface area contributed by atoms with Crippen LogP contribution in [0.2, 0.25) is 0 Å². The molecular weight excluding hydrogens is 413 g/mol. The Kier molecular flexibility index (Phi) is 5.76. The van der Waals surface area contributed by atoms with Crippen molar-refractivity contribution in [2.75, 3.05) is 12.4 Å². The third kappa shape index (κ3) is 4.39. The van der Waals surface area contributed by atoms with Crippen molar-refractivity contribution in [1.82, 2.24) is 10.3 Å². The maximum Gasteiger partial charge on any atom is 0.259 e. The summed E-state index contributed by atoms with van der Waals surface area (Å²) in [6.45, 7) is 0.240. The number of Topliss-reactive ketones (excluding diaryl/α,β-unsaturated/α-hetero) is 1. The number of pyridine rings is 1. The molecule has 7 nitrogen and oxygen atoms in total. The lowest BCUT2D eigenvalue weighted by Gasteiger charge is -2.19. The molecule has 8 heteroatoms. The summed E-state index contributed by atoms with van der Waals surface area (Å²) in [7, 11) is 1.50. The average Bonchev–Trinajstić information content (AvgIpc) is 2.80. The van der Waals surface area contributed by atoms with Crippen LogP contribution < -0.4 is 15.4 Å². The van der Waals surface area contributed by atoms with Crippen LogP contribution in [0.5, 0.6) is 5.88 Å². The summed E-state index contributed by atoms with van der Waals surface area (Å²) in [5.74, 6) is -1.56. The largest absolute Gasteiger partial charge is 0.481 e. The number of carbonyl (C=O) groups is 3. The second-order valence-electron chi connectivity index (χ2n) is 7.05. The molecule has 4 rings (SSSR count). The highest BCUT2D eigenvalue weighted by Crippen LogP contribution is 2.27. The lowest BCUT2D eigenvalue weighted by molar-refractivity contribution is -0.112. The van der Waals surface area contributed by atoms with Crippen molar-refractivity contribution in [1.29, 1.82) is 0 Å². The van der Waals surface area contributed by atoms with E-state index in [2.05, 4.69) is 15.6 Å². The third-order valence-electron chi connectivity index (χ3n) is 4.88. The standard InChI is InChI=1S/C24H18FN3O4/c1-32-21-11-15(7-8-26-21)13-27-23(30)16-5-6-20-18(12-16)22(29)19(24(31)28-20)10-14-3-2-4-17(25)9-14/h2-12H,13H2,1H3,(H,27,30)(H,28,31). The van der Waals surface area contributed by atoms with Crippen LogP contribution in [-0.2, 0) is 11.3 Å². The zero-order valence-corrected chi connectivity index (χ0v) is 17.0. The van der Waals surface area contributed by atoms with E-state index in [9.17, 15) is 18.8 Å². The minimum atomic E-state index is -0.587. The van der Waals surface area contributed by atoms with Gasteiger partial charge in [0.05, 0.1) is 18.4 Å². The fourth-order valence-electron chi connectivity index (χ4n) is 3.27. The van der Waals surface area contributed by atoms with Crippen LogP contribution >= 0.6 is 0 Å². The van der Waals surface area contributed by atoms with Crippen molar-refractivity contribution in [2.24, 2.45) is 0 Å². The molecule has 0 saturated carbocycles. The molecule has 0 bridgehead atoms. The second-order valence-corrected chi connectivity index (χ2v) is 7.05. The molecule has 2 amide bonds. The molecule has 0 spiro atoms. The normalized spacial score (nSPS) is 14.0. The van der Waals surface area contributed by atoms with Crippen molar-refractivity contribution in [3.05, 3.63) is 94.4 Å². The van der Waals surface area contributed by atoms with Gasteiger partial charge in [0.15, 0.2) is 0 Å². The molecule has 2 aromatic carbocycles. The summed E-state index contributed by atoms with van der Waals surface area (Å²) in [5.41, 5.74) is 1.81. The first-order chi connectivity index (χ1) is 15.4. The lowest BCUT2D eigenvalue weighted by atomic mass is 9.93. The summed E-state index contributed by atoms with van der Waals surface area (Å²) in [4.78, 5) is 42.0. The number of rotatable bonds is 5. The molecule has 160 valence electrons. The lowest BCUT2D eigenvalue weighted by Crippen LogP contribution is -2.28. The van der Waals surface area contributed by atoms with Gasteiger partial charge in [-0.1, -0.05) is 12.1 Å². The predicted molar refractivity (Wildman–Crippen MR) is 116 cm³/mol. The van der Waals surface area contributed by atoms with Gasteiger partial charge in [-0.05, 0) is 53.6 Å². The molecule has 0 radical (unpaired) electrons. The Morgan fingerprint density at radius 2 is 2.00 bits per heavy atom. The highest BCUT2D eigenvalue weighted by Gasteiger charge is 2.29. The predicted octanol–water partition coefficient (Wildman–Crippen LogP) is 3.38. The van der Waals surface area contributed by atoms with Crippen molar-refractivity contribution in [3.8, 4) is 5.88 Å². The van der Waals surface area contributed by atoms with Gasteiger partial charge in [0, 0.05) is 29.9 Å². The number of ketones is 1. The number of hydrogen-bond acceptors (Lipinski definition) is 5. The first-order valence-electron chi connectivity index (χ1n) is 9.69. The SMILES string of the molecule is COc1cc(CNC(=O)c2ccc3c(c2)C(=O)C(=Cc2cccc(F)c2)C(=O)N3)ccn1. The van der Waals surface area contributed by atoms with E-state index in [1.54, 1.807) is 24.4 Å². The van der Waals surface area contributed by atoms with E-state index in [0.717, 1.165) is 5.56 Å². The summed E-state index contributed by atoms with van der Waals surface area (Å²) < 4.78 is 18.5. The van der Waals surface area contributed by atoms with E-state index >= 15 is 0 Å². The molecule has 0 atom stereocenters. The van der Waals surface area contributed by atoms with Crippen LogP contribution in [0.4, 0.5) is 10.1 Å². The summed E-state index contributed by atoms with van der Waals surface area (Å²) in [6, 6.07) is 13.5. The Morgan fingerprint density at radius 3 is 2.78 bits per heavy atom. The number of fused-ring (bicyclic) bond motifs is 1. The van der Waals surface area contributed by atoms with Gasteiger partial charge in [0.25, 0.3) is 11.8 Å². The van der Waals surface area contributed by atoms with Gasteiger partial charge >= 0.3 is 0 Å². The van der Waals surface area contributed by atoms with Crippen molar-refractivity contribution >= 4 is 29.4 Å². The van der Waals surface area contributed by atoms with E-state index in [-0.39, 0.29) is 29.2 Å². The summed E-state index contributed by atoms with van der Waals surface area (Å²) in [6.07, 6.45) is 2.90. The van der Waals surface area contributed by atoms with Crippen molar-refractivity contribution in [3.63, 3.8) is 0 Å². The quantitative estimate of drug-likeness (QED) is 0.477. The van der Waals surface area contributed by atoms with Crippen LogP contribution in [0.1, 0.15) is 31.8 Å². The van der Waals surface area contributed by atoms with Crippen LogP contribution in [0.25, 0.3) is 6.08 Å². The number of hydrogen-bond donors (Lipinski definition) is 2. The number of ether oxygens (including phenoxy) is 1. The monoisotopic (exact) mass is 431 g/mol. The molecule has 0 unspecified atom stereocenters. The van der Waals surface area contributed by atoms with E-state index in [1.165, 1.54) is 49.6 Å². The Bertz CT molecular complexity index is 1270. The maximum absolute atomic E-state index is 13.5. The first kappa shape index (κ1) is 20.9. The highest BCUT2D eigenvalue weighted by molar-refractivity contribution is 6.36. The number of nitrogens with one attached hydrogen (secondary N) is 2. The molecule has 2 N–H and O–H groups in total. The molecule has 3 aromatic rings. The van der Waals surface area contributed by atoms with Crippen LogP contribution in [0, 0.1) is 5.82 Å². The Morgan fingerprint density at radius 1 is 1.16 bits per heavy atom. The minimum Gasteiger partial charge on any atom is -0.481 e. The fraction of sp³-hybridized carbons (Fsp3) is 0.0833. The number of anilines is 1. The number of nitrogens with zero attached hydrogens (tertiary/aromatic N) is 1. The van der Waals surface area contributed by atoms with Crippen LogP contribution in [-0.4, -0.2) is 29.7 Å². The Labute approximate surface area is 182 Å². The van der Waals surface area contributed by atoms with Gasteiger partial charge < -0.3 is 15.4 Å². The molecule has 1 aliphatic heterocycles. The van der Waals surface area contributed by atoms with E-state index in [4.69, 9.17) is 4.74 Å². The average molecular weight is 431 g/mol. The minimum absolute atomic E-state index is 0.135. The second kappa shape index (κ2) is 8.81. The van der Waals surface area contributed by atoms with E-state index < -0.39 is 17.5 Å². The Balaban J connectivity index is 1.56. The van der Waals surface area contributed by atoms with Gasteiger partial charge in [0.2, 0.25) is 11.7 Å². The topological polar surface area (TPSA) is 97.4 Å². The molecule has 0 fully saturated rings. The Hall–Kier alpha value is -4.33. The molecular formula is C24H18FN3O4. The third-order valence-corrected chi connectivity index (χ3v) is 4.88. The number of amides is 2. The molecule has 32 heavy (non-hydrogen) atoms. The summed E-state index contributed by atoms with van der Waals surface area (Å²) in [5, 5.41) is 5.41. The number of aromatic nitrogens is 1. The smallest absolute Gasteiger partial charge is 0.259 e. The van der Waals surface area contributed by atoms with Gasteiger partial charge in [-0.15, -0.1) is 0 Å². The molecule has 0 saturated heterocycles. The molecule has 2 heterocycles. The highest BCUT2D eigenvalue weighted by atomic mass is 19.1. The maximum atomic E-state index is 13.5. The number of benzene rings is 2. The molecule has 0 aliphatic carbocycles. The van der Waals surface area contributed by atoms with Gasteiger partial charge in [-0.25, -0.2) is 9.37 Å². The zero-order valence-electron chi connectivity index (χ0n) is 17.0. The summed E-state index contributed by atoms with van der Waals surface area (Å²) >= 11 is 0. The fourth-order valence-corrected chi connectivity index (χ4v) is 3.27. The number of carbonyl (C=O) groups excluding carboxylic acids is 3. The van der Waals surface area contributed by atoms with Crippen LogP contribution in [0.15, 0.2) is 66.4 Å². The zero-order chi connectivity index (χ0) is 22.7. The molecule has 1 aliphatic rings.